The van der Waals surface area contributed by atoms with Crippen molar-refractivity contribution in [3.8, 4) is 0 Å². The second kappa shape index (κ2) is 19.2. The quantitative estimate of drug-likeness (QED) is 0.198. The summed E-state index contributed by atoms with van der Waals surface area (Å²) in [7, 11) is 0. The van der Waals surface area contributed by atoms with Gasteiger partial charge in [-0.05, 0) is 32.6 Å². The highest BCUT2D eigenvalue weighted by molar-refractivity contribution is 5.73. The van der Waals surface area contributed by atoms with Crippen LogP contribution in [-0.2, 0) is 9.53 Å². The summed E-state index contributed by atoms with van der Waals surface area (Å²) in [5.74, 6) is -0.461. The first kappa shape index (κ1) is 25.4. The molecule has 0 bridgehead atoms. The third-order valence-corrected chi connectivity index (χ3v) is 5.13. The minimum atomic E-state index is -1.01. The molecule has 0 aliphatic rings. The molecule has 1 N–H and O–H groups in total. The zero-order valence-electron chi connectivity index (χ0n) is 17.9. The Bertz CT molecular complexity index is 302. The predicted octanol–water partition coefficient (Wildman–Crippen LogP) is 6.95. The summed E-state index contributed by atoms with van der Waals surface area (Å²) in [5, 5.41) is 9.39. The third-order valence-electron chi connectivity index (χ3n) is 5.13. The number of unbranched alkanes of at least 4 members (excludes halogenated alkanes) is 13. The molecule has 0 aromatic rings. The highest BCUT2D eigenvalue weighted by Crippen LogP contribution is 2.17. The molecule has 0 aliphatic carbocycles. The van der Waals surface area contributed by atoms with Gasteiger partial charge in [0.05, 0.1) is 0 Å². The highest BCUT2D eigenvalue weighted by Gasteiger charge is 2.17. The van der Waals surface area contributed by atoms with E-state index in [0.29, 0.717) is 0 Å². The molecule has 0 aromatic carbocycles. The number of hydrogen-bond acceptors (Lipinski definition) is 3. The lowest BCUT2D eigenvalue weighted by Gasteiger charge is -2.19. The molecule has 156 valence electrons. The largest absolute Gasteiger partial charge is 0.460 e. The van der Waals surface area contributed by atoms with Gasteiger partial charge in [-0.1, -0.05) is 97.3 Å². The van der Waals surface area contributed by atoms with Crippen LogP contribution in [-0.4, -0.2) is 23.3 Å². The Morgan fingerprint density at radius 1 is 0.692 bits per heavy atom. The molecule has 3 heteroatoms. The minimum absolute atomic E-state index is 0.00664. The fourth-order valence-electron chi connectivity index (χ4n) is 3.36. The highest BCUT2D eigenvalue weighted by atomic mass is 16.6. The summed E-state index contributed by atoms with van der Waals surface area (Å²) in [6, 6.07) is 0. The first-order valence-electron chi connectivity index (χ1n) is 11.5. The lowest BCUT2D eigenvalue weighted by atomic mass is 10.0. The standard InChI is InChI=1S/C23H46O3/c1-4-6-8-10-12-13-14-16-18-20-22(26-23(25)21(3)24)19-17-15-11-9-7-5-2/h21-22,24H,4-20H2,1-3H3/t21-,22+/m1/s1. The monoisotopic (exact) mass is 370 g/mol. The van der Waals surface area contributed by atoms with Crippen molar-refractivity contribution in [2.75, 3.05) is 0 Å². The van der Waals surface area contributed by atoms with Crippen LogP contribution in [0.4, 0.5) is 0 Å². The van der Waals surface area contributed by atoms with Crippen molar-refractivity contribution in [2.24, 2.45) is 0 Å². The van der Waals surface area contributed by atoms with Gasteiger partial charge in [-0.3, -0.25) is 0 Å². The van der Waals surface area contributed by atoms with E-state index in [-0.39, 0.29) is 6.10 Å². The van der Waals surface area contributed by atoms with E-state index in [1.807, 2.05) is 0 Å². The lowest BCUT2D eigenvalue weighted by Crippen LogP contribution is -2.26. The van der Waals surface area contributed by atoms with Gasteiger partial charge in [-0.15, -0.1) is 0 Å². The van der Waals surface area contributed by atoms with Crippen LogP contribution in [0.5, 0.6) is 0 Å². The van der Waals surface area contributed by atoms with Crippen molar-refractivity contribution in [3.63, 3.8) is 0 Å². The molecule has 0 saturated carbocycles. The van der Waals surface area contributed by atoms with Crippen molar-refractivity contribution in [2.45, 2.75) is 142 Å². The summed E-state index contributed by atoms with van der Waals surface area (Å²) in [5.41, 5.74) is 0. The molecule has 2 atom stereocenters. The van der Waals surface area contributed by atoms with Crippen LogP contribution in [0.3, 0.4) is 0 Å². The molecule has 0 radical (unpaired) electrons. The Labute approximate surface area is 163 Å². The van der Waals surface area contributed by atoms with Gasteiger partial charge in [0.2, 0.25) is 0 Å². The van der Waals surface area contributed by atoms with Gasteiger partial charge in [-0.2, -0.15) is 0 Å². The number of aliphatic hydroxyl groups excluding tert-OH is 1. The smallest absolute Gasteiger partial charge is 0.334 e. The van der Waals surface area contributed by atoms with E-state index < -0.39 is 12.1 Å². The van der Waals surface area contributed by atoms with Gasteiger partial charge in [0.25, 0.3) is 0 Å². The first-order chi connectivity index (χ1) is 12.6. The molecule has 0 amide bonds. The number of hydrogen-bond donors (Lipinski definition) is 1. The van der Waals surface area contributed by atoms with Crippen LogP contribution in [0.15, 0.2) is 0 Å². The number of esters is 1. The van der Waals surface area contributed by atoms with Gasteiger partial charge in [0.15, 0.2) is 0 Å². The Balaban J connectivity index is 3.84. The molecule has 0 aliphatic heterocycles. The lowest BCUT2D eigenvalue weighted by molar-refractivity contribution is -0.158. The summed E-state index contributed by atoms with van der Waals surface area (Å²) in [6.45, 7) is 5.98. The Hall–Kier alpha value is -0.570. The number of rotatable bonds is 19. The van der Waals surface area contributed by atoms with Gasteiger partial charge in [0.1, 0.15) is 12.2 Å². The number of ether oxygens (including phenoxy) is 1. The summed E-state index contributed by atoms with van der Waals surface area (Å²) < 4.78 is 5.52. The molecular formula is C23H46O3. The van der Waals surface area contributed by atoms with E-state index in [2.05, 4.69) is 13.8 Å². The van der Waals surface area contributed by atoms with Gasteiger partial charge in [0, 0.05) is 0 Å². The van der Waals surface area contributed by atoms with Crippen LogP contribution in [0.1, 0.15) is 130 Å². The van der Waals surface area contributed by atoms with E-state index in [1.54, 1.807) is 0 Å². The maximum absolute atomic E-state index is 11.7. The van der Waals surface area contributed by atoms with Gasteiger partial charge in [-0.25, -0.2) is 4.79 Å². The average Bonchev–Trinajstić information content (AvgIpc) is 2.62. The minimum Gasteiger partial charge on any atom is -0.460 e. The van der Waals surface area contributed by atoms with Crippen molar-refractivity contribution in [3.05, 3.63) is 0 Å². The topological polar surface area (TPSA) is 46.5 Å². The van der Waals surface area contributed by atoms with E-state index in [9.17, 15) is 9.90 Å². The molecule has 0 aromatic heterocycles. The van der Waals surface area contributed by atoms with Gasteiger partial charge >= 0.3 is 5.97 Å². The van der Waals surface area contributed by atoms with Crippen LogP contribution >= 0.6 is 0 Å². The predicted molar refractivity (Wildman–Crippen MR) is 111 cm³/mol. The number of carbonyl (C=O) groups is 1. The fraction of sp³-hybridized carbons (Fsp3) is 0.957. The van der Waals surface area contributed by atoms with Crippen molar-refractivity contribution in [1.82, 2.24) is 0 Å². The van der Waals surface area contributed by atoms with Gasteiger partial charge < -0.3 is 9.84 Å². The van der Waals surface area contributed by atoms with E-state index in [1.165, 1.54) is 90.4 Å². The summed E-state index contributed by atoms with van der Waals surface area (Å²) in [4.78, 5) is 11.7. The molecule has 0 spiro atoms. The van der Waals surface area contributed by atoms with E-state index >= 15 is 0 Å². The summed E-state index contributed by atoms with van der Waals surface area (Å²) >= 11 is 0. The van der Waals surface area contributed by atoms with E-state index in [0.717, 1.165) is 25.7 Å². The number of carbonyl (C=O) groups excluding carboxylic acids is 1. The Morgan fingerprint density at radius 2 is 1.04 bits per heavy atom. The number of aliphatic hydroxyl groups is 1. The molecule has 26 heavy (non-hydrogen) atoms. The maximum Gasteiger partial charge on any atom is 0.334 e. The SMILES string of the molecule is CCCCCCCCCCC[C@H](CCCCCCCC)OC(=O)[C@@H](C)O. The third kappa shape index (κ3) is 16.9. The van der Waals surface area contributed by atoms with Crippen molar-refractivity contribution >= 4 is 5.97 Å². The molecular weight excluding hydrogens is 324 g/mol. The second-order valence-electron chi connectivity index (χ2n) is 7.91. The Kier molecular flexibility index (Phi) is 18.8. The summed E-state index contributed by atoms with van der Waals surface area (Å²) in [6.07, 6.45) is 20.2. The first-order valence-corrected chi connectivity index (χ1v) is 11.5. The molecule has 0 heterocycles. The zero-order valence-corrected chi connectivity index (χ0v) is 17.9. The molecule has 0 unspecified atom stereocenters. The van der Waals surface area contributed by atoms with Crippen LogP contribution in [0.2, 0.25) is 0 Å². The van der Waals surface area contributed by atoms with Crippen LogP contribution in [0.25, 0.3) is 0 Å². The van der Waals surface area contributed by atoms with E-state index in [4.69, 9.17) is 4.74 Å². The molecule has 0 rings (SSSR count). The fourth-order valence-corrected chi connectivity index (χ4v) is 3.36. The molecule has 3 nitrogen and oxygen atoms in total. The molecule has 0 fully saturated rings. The van der Waals surface area contributed by atoms with Crippen molar-refractivity contribution in [1.29, 1.82) is 0 Å². The Morgan fingerprint density at radius 3 is 1.38 bits per heavy atom. The van der Waals surface area contributed by atoms with Crippen LogP contribution < -0.4 is 0 Å². The van der Waals surface area contributed by atoms with Crippen molar-refractivity contribution < 1.29 is 14.6 Å². The molecule has 0 saturated heterocycles. The second-order valence-corrected chi connectivity index (χ2v) is 7.91. The zero-order chi connectivity index (χ0) is 19.5. The normalized spacial score (nSPS) is 13.5. The average molecular weight is 371 g/mol. The maximum atomic E-state index is 11.7. The van der Waals surface area contributed by atoms with Crippen LogP contribution in [0, 0.1) is 0 Å².